The molecule has 2 aromatic rings. The number of amides is 1. The van der Waals surface area contributed by atoms with Crippen LogP contribution in [0.3, 0.4) is 0 Å². The quantitative estimate of drug-likeness (QED) is 0.243. The molecule has 0 aromatic heterocycles. The van der Waals surface area contributed by atoms with Gasteiger partial charge in [-0.2, -0.15) is 0 Å². The van der Waals surface area contributed by atoms with Crippen LogP contribution in [0, 0.1) is 11.8 Å². The fourth-order valence-corrected chi connectivity index (χ4v) is 6.13. The molecule has 0 spiro atoms. The number of primary amides is 1. The highest BCUT2D eigenvalue weighted by atomic mass is 16.4. The molecular weight excluding hydrogens is 524 g/mol. The number of aromatic hydroxyl groups is 3. The third kappa shape index (κ3) is 3.47. The first-order valence-corrected chi connectivity index (χ1v) is 12.1. The number of fused-ring (bicyclic) bond motifs is 3. The molecule has 3 aliphatic rings. The molecule has 0 unspecified atom stereocenters. The average Bonchev–Trinajstić information content (AvgIpc) is 2.86. The Kier molecular flexibility index (Phi) is 6.02. The Morgan fingerprint density at radius 3 is 2.30 bits per heavy atom. The normalized spacial score (nSPS) is 29.0. The van der Waals surface area contributed by atoms with Crippen LogP contribution in [0.15, 0.2) is 53.3 Å². The number of rotatable bonds is 3. The van der Waals surface area contributed by atoms with Gasteiger partial charge in [-0.1, -0.05) is 12.1 Å². The van der Waals surface area contributed by atoms with Crippen LogP contribution in [0.25, 0.3) is 17.4 Å². The van der Waals surface area contributed by atoms with Gasteiger partial charge in [0.15, 0.2) is 11.4 Å². The van der Waals surface area contributed by atoms with Gasteiger partial charge in [-0.15, -0.1) is 0 Å². The summed E-state index contributed by atoms with van der Waals surface area (Å²) in [5.41, 5.74) is 0.823. The number of Topliss-reactive ketones (excluding diaryl/α,β-unsaturated/α-hetero) is 2. The third-order valence-corrected chi connectivity index (χ3v) is 7.85. The lowest BCUT2D eigenvalue weighted by molar-refractivity contribution is -0.166. The predicted molar refractivity (Wildman–Crippen MR) is 140 cm³/mol. The van der Waals surface area contributed by atoms with Crippen LogP contribution in [-0.2, 0) is 14.4 Å². The summed E-state index contributed by atoms with van der Waals surface area (Å²) in [6, 6.07) is 6.35. The topological polar surface area (TPSA) is 222 Å². The Balaban J connectivity index is 1.87. The van der Waals surface area contributed by atoms with E-state index in [2.05, 4.69) is 0 Å². The van der Waals surface area contributed by atoms with Crippen molar-refractivity contribution in [2.75, 3.05) is 14.1 Å². The monoisotopic (exact) mass is 550 g/mol. The molecule has 208 valence electrons. The van der Waals surface area contributed by atoms with Crippen LogP contribution in [0.5, 0.6) is 17.2 Å². The van der Waals surface area contributed by atoms with Gasteiger partial charge in [0.1, 0.15) is 34.3 Å². The number of benzene rings is 2. The smallest absolute Gasteiger partial charge is 0.255 e. The van der Waals surface area contributed by atoms with Gasteiger partial charge in [0.05, 0.1) is 29.2 Å². The SMILES string of the molecule is CN(C)[C@@H]1C(=O)C(C(N)=O)=C(O)[C@@]2(O)C(=O)C3=C(O)c4c(O)cccc4/C(=C\c4ccc(O)cc4O)[C@H]3[C@H](O)[C@@H]12. The molecule has 0 aliphatic heterocycles. The minimum absolute atomic E-state index is 0.108. The van der Waals surface area contributed by atoms with Gasteiger partial charge in [0.2, 0.25) is 5.78 Å². The summed E-state index contributed by atoms with van der Waals surface area (Å²) >= 11 is 0. The van der Waals surface area contributed by atoms with Gasteiger partial charge in [-0.3, -0.25) is 19.3 Å². The molecule has 1 fully saturated rings. The number of carbonyl (C=O) groups is 3. The molecule has 5 rings (SSSR count). The fourth-order valence-electron chi connectivity index (χ4n) is 6.13. The Morgan fingerprint density at radius 2 is 1.70 bits per heavy atom. The van der Waals surface area contributed by atoms with Crippen molar-refractivity contribution in [1.82, 2.24) is 4.90 Å². The summed E-state index contributed by atoms with van der Waals surface area (Å²) in [7, 11) is 2.81. The maximum Gasteiger partial charge on any atom is 0.255 e. The number of nitrogens with zero attached hydrogens (tertiary/aromatic N) is 1. The zero-order chi connectivity index (χ0) is 29.4. The Labute approximate surface area is 226 Å². The van der Waals surface area contributed by atoms with Gasteiger partial charge in [0, 0.05) is 17.5 Å². The fraction of sp³-hybridized carbons (Fsp3) is 0.250. The molecule has 0 radical (unpaired) electrons. The van der Waals surface area contributed by atoms with Crippen molar-refractivity contribution in [2.45, 2.75) is 17.7 Å². The van der Waals surface area contributed by atoms with E-state index in [0.717, 1.165) is 6.07 Å². The van der Waals surface area contributed by atoms with Crippen molar-refractivity contribution in [2.24, 2.45) is 17.6 Å². The predicted octanol–water partition coefficient (Wildman–Crippen LogP) is 0.344. The van der Waals surface area contributed by atoms with Crippen LogP contribution in [0.4, 0.5) is 0 Å². The number of ketones is 2. The number of hydrogen-bond donors (Lipinski definition) is 8. The molecule has 1 amide bonds. The van der Waals surface area contributed by atoms with Gasteiger partial charge in [0.25, 0.3) is 5.91 Å². The van der Waals surface area contributed by atoms with Crippen molar-refractivity contribution in [3.8, 4) is 17.2 Å². The molecule has 0 bridgehead atoms. The van der Waals surface area contributed by atoms with Crippen LogP contribution in [-0.4, -0.2) is 90.0 Å². The number of aliphatic hydroxyl groups is 4. The van der Waals surface area contributed by atoms with E-state index in [1.54, 1.807) is 0 Å². The minimum Gasteiger partial charge on any atom is -0.508 e. The molecule has 1 saturated carbocycles. The summed E-state index contributed by atoms with van der Waals surface area (Å²) in [6.07, 6.45) is -0.487. The van der Waals surface area contributed by atoms with Crippen molar-refractivity contribution in [3.05, 3.63) is 70.0 Å². The van der Waals surface area contributed by atoms with Crippen LogP contribution >= 0.6 is 0 Å². The summed E-state index contributed by atoms with van der Waals surface area (Å²) in [5.74, 6) is -10.2. The molecule has 40 heavy (non-hydrogen) atoms. The van der Waals surface area contributed by atoms with Crippen molar-refractivity contribution < 1.29 is 50.1 Å². The standard InChI is InChI=1S/C28H26N2O10/c1-30(2)21-20-23(35)17-13(8-10-6-7-11(31)9-15(10)33)12-4-3-5-14(32)16(12)22(34)18(17)25(37)28(20,40)26(38)19(24(21)36)27(29)39/h3-9,17,20-21,23,31-35,38,40H,1-2H3,(H2,29,39)/b13-8+/t17-,20-,21+,23+,28+/m1/s1. The van der Waals surface area contributed by atoms with Crippen LogP contribution in [0.1, 0.15) is 16.7 Å². The number of nitrogens with two attached hydrogens (primary N) is 1. The Morgan fingerprint density at radius 1 is 1.02 bits per heavy atom. The number of phenolic OH excluding ortho intramolecular Hbond substituents is 3. The Hall–Kier alpha value is -4.65. The maximum absolute atomic E-state index is 14.1. The highest BCUT2D eigenvalue weighted by Gasteiger charge is 2.68. The van der Waals surface area contributed by atoms with Gasteiger partial charge < -0.3 is 41.5 Å². The molecular formula is C28H26N2O10. The first kappa shape index (κ1) is 26.9. The molecule has 2 aromatic carbocycles. The number of aliphatic hydroxyl groups excluding tert-OH is 3. The molecule has 3 aliphatic carbocycles. The largest absolute Gasteiger partial charge is 0.508 e. The lowest BCUT2D eigenvalue weighted by atomic mass is 9.55. The maximum atomic E-state index is 14.1. The Bertz CT molecular complexity index is 1600. The lowest BCUT2D eigenvalue weighted by Crippen LogP contribution is -2.70. The molecule has 5 atom stereocenters. The van der Waals surface area contributed by atoms with Crippen molar-refractivity contribution in [3.63, 3.8) is 0 Å². The number of phenols is 3. The van der Waals surface area contributed by atoms with E-state index in [0.29, 0.717) is 0 Å². The van der Waals surface area contributed by atoms with E-state index < -0.39 is 75.5 Å². The zero-order valence-electron chi connectivity index (χ0n) is 21.2. The van der Waals surface area contributed by atoms with E-state index in [-0.39, 0.29) is 33.8 Å². The average molecular weight is 551 g/mol. The molecule has 12 heteroatoms. The summed E-state index contributed by atoms with van der Waals surface area (Å²) in [5, 5.41) is 76.7. The van der Waals surface area contributed by atoms with Gasteiger partial charge >= 0.3 is 0 Å². The highest BCUT2D eigenvalue weighted by Crippen LogP contribution is 2.56. The summed E-state index contributed by atoms with van der Waals surface area (Å²) in [6.45, 7) is 0. The second-order valence-corrected chi connectivity index (χ2v) is 10.3. The van der Waals surface area contributed by atoms with E-state index in [4.69, 9.17) is 5.73 Å². The number of likely N-dealkylation sites (N-methyl/N-ethyl adjacent to an activating group) is 1. The molecule has 0 heterocycles. The van der Waals surface area contributed by atoms with Crippen LogP contribution in [0.2, 0.25) is 0 Å². The highest BCUT2D eigenvalue weighted by molar-refractivity contribution is 6.25. The van der Waals surface area contributed by atoms with Crippen molar-refractivity contribution >= 4 is 34.9 Å². The zero-order valence-corrected chi connectivity index (χ0v) is 21.2. The molecule has 9 N–H and O–H groups in total. The van der Waals surface area contributed by atoms with E-state index in [9.17, 15) is 50.1 Å². The van der Waals surface area contributed by atoms with E-state index in [1.165, 1.54) is 55.4 Å². The minimum atomic E-state index is -3.06. The van der Waals surface area contributed by atoms with Gasteiger partial charge in [-0.25, -0.2) is 0 Å². The molecule has 0 saturated heterocycles. The van der Waals surface area contributed by atoms with Crippen LogP contribution < -0.4 is 5.73 Å². The van der Waals surface area contributed by atoms with E-state index >= 15 is 0 Å². The first-order valence-electron chi connectivity index (χ1n) is 12.1. The number of carbonyl (C=O) groups excluding carboxylic acids is 3. The number of hydrogen-bond acceptors (Lipinski definition) is 11. The lowest BCUT2D eigenvalue weighted by Gasteiger charge is -2.53. The first-order chi connectivity index (χ1) is 18.7. The third-order valence-electron chi connectivity index (χ3n) is 7.85. The molecule has 12 nitrogen and oxygen atoms in total. The second kappa shape index (κ2) is 8.95. The summed E-state index contributed by atoms with van der Waals surface area (Å²) < 4.78 is 0. The summed E-state index contributed by atoms with van der Waals surface area (Å²) in [4.78, 5) is 40.8. The van der Waals surface area contributed by atoms with Gasteiger partial charge in [-0.05, 0) is 49.5 Å². The second-order valence-electron chi connectivity index (χ2n) is 10.3. The van der Waals surface area contributed by atoms with Crippen molar-refractivity contribution in [1.29, 1.82) is 0 Å². The van der Waals surface area contributed by atoms with E-state index in [1.807, 2.05) is 0 Å².